The molecule has 1 rings (SSSR count). The minimum atomic E-state index is -1.67. The highest BCUT2D eigenvalue weighted by Crippen LogP contribution is 2.23. The third-order valence-electron chi connectivity index (χ3n) is 14.0. The minimum Gasteiger partial charge on any atom is -0.394 e. The van der Waals surface area contributed by atoms with Crippen LogP contribution in [0.3, 0.4) is 0 Å². The summed E-state index contributed by atoms with van der Waals surface area (Å²) in [4.78, 5) is 13.1. The zero-order valence-electron chi connectivity index (χ0n) is 43.9. The van der Waals surface area contributed by atoms with Crippen LogP contribution in [0.4, 0.5) is 0 Å². The lowest BCUT2D eigenvalue weighted by Gasteiger charge is -2.40. The van der Waals surface area contributed by atoms with Crippen molar-refractivity contribution in [3.05, 3.63) is 24.3 Å². The summed E-state index contributed by atoms with van der Waals surface area (Å²) in [5.74, 6) is -0.715. The Morgan fingerprint density at radius 2 is 0.868 bits per heavy atom. The van der Waals surface area contributed by atoms with E-state index in [1.807, 2.05) is 0 Å². The molecule has 0 saturated carbocycles. The Labute approximate surface area is 416 Å². The lowest BCUT2D eigenvalue weighted by atomic mass is 9.98. The number of amides is 1. The van der Waals surface area contributed by atoms with E-state index >= 15 is 0 Å². The number of aliphatic hydroxyl groups excluding tert-OH is 7. The van der Waals surface area contributed by atoms with Crippen molar-refractivity contribution >= 4 is 5.91 Å². The molecule has 0 spiro atoms. The van der Waals surface area contributed by atoms with Crippen molar-refractivity contribution in [1.29, 1.82) is 0 Å². The van der Waals surface area contributed by atoms with Crippen molar-refractivity contribution in [2.75, 3.05) is 13.2 Å². The SMILES string of the molecule is CCCCC/C=C\CCCCCCC(O)C(=O)NC(COC1OC(CO)C(O)C(O)C1O)C(O)C(O)CCC/C=C/CCCCCCCCCCCCCCCCCCCCCCCCCCC. The first-order valence-electron chi connectivity index (χ1n) is 28.7. The van der Waals surface area contributed by atoms with Crippen LogP contribution >= 0.6 is 0 Å². The summed E-state index contributed by atoms with van der Waals surface area (Å²) in [5.41, 5.74) is 0. The van der Waals surface area contributed by atoms with Crippen molar-refractivity contribution in [3.8, 4) is 0 Å². The van der Waals surface area contributed by atoms with Crippen LogP contribution in [0.15, 0.2) is 24.3 Å². The molecular weight excluding hydrogens is 859 g/mol. The molecular formula is C57H109NO10. The number of hydrogen-bond acceptors (Lipinski definition) is 10. The van der Waals surface area contributed by atoms with Crippen molar-refractivity contribution in [2.24, 2.45) is 0 Å². The van der Waals surface area contributed by atoms with E-state index in [0.29, 0.717) is 12.8 Å². The summed E-state index contributed by atoms with van der Waals surface area (Å²) < 4.78 is 11.1. The molecule has 0 bridgehead atoms. The van der Waals surface area contributed by atoms with Crippen LogP contribution in [-0.2, 0) is 14.3 Å². The molecule has 9 unspecified atom stereocenters. The first-order chi connectivity index (χ1) is 33.2. The lowest BCUT2D eigenvalue weighted by molar-refractivity contribution is -0.303. The van der Waals surface area contributed by atoms with Gasteiger partial charge in [-0.2, -0.15) is 0 Å². The highest BCUT2D eigenvalue weighted by atomic mass is 16.7. The van der Waals surface area contributed by atoms with Gasteiger partial charge in [0, 0.05) is 0 Å². The van der Waals surface area contributed by atoms with Gasteiger partial charge in [0.1, 0.15) is 36.6 Å². The van der Waals surface area contributed by atoms with E-state index in [1.54, 1.807) is 0 Å². The molecule has 1 amide bonds. The number of carbonyl (C=O) groups is 1. The van der Waals surface area contributed by atoms with Crippen LogP contribution in [0.25, 0.3) is 0 Å². The maximum atomic E-state index is 13.1. The zero-order valence-corrected chi connectivity index (χ0v) is 43.9. The molecule has 68 heavy (non-hydrogen) atoms. The highest BCUT2D eigenvalue weighted by Gasteiger charge is 2.44. The van der Waals surface area contributed by atoms with Gasteiger partial charge in [-0.3, -0.25) is 4.79 Å². The maximum absolute atomic E-state index is 13.1. The number of ether oxygens (including phenoxy) is 2. The number of allylic oxidation sites excluding steroid dienone is 4. The van der Waals surface area contributed by atoms with Gasteiger partial charge in [-0.05, 0) is 64.2 Å². The second kappa shape index (κ2) is 46.6. The Bertz CT molecular complexity index is 1160. The van der Waals surface area contributed by atoms with E-state index in [1.165, 1.54) is 173 Å². The third kappa shape index (κ3) is 34.8. The Morgan fingerprint density at radius 3 is 1.29 bits per heavy atom. The summed E-state index contributed by atoms with van der Waals surface area (Å²) in [5, 5.41) is 75.8. The standard InChI is InChI=1S/C57H109NO10/c1-3-5-7-9-11-13-15-16-17-18-19-20-21-22-23-24-25-26-27-28-29-30-31-32-33-35-36-38-40-42-44-49(60)52(62)48(47-67-57-55(65)54(64)53(63)51(46-59)68-57)58-56(66)50(61)45-43-41-39-37-34-14-12-10-8-6-4-2/h12,14,36,38,48-55,57,59-65H,3-11,13,15-35,37,39-47H2,1-2H3,(H,58,66)/b14-12-,38-36+. The van der Waals surface area contributed by atoms with Crippen LogP contribution in [0.1, 0.15) is 264 Å². The van der Waals surface area contributed by atoms with Gasteiger partial charge < -0.3 is 50.5 Å². The maximum Gasteiger partial charge on any atom is 0.249 e. The molecule has 402 valence electrons. The normalized spacial score (nSPS) is 20.6. The molecule has 11 nitrogen and oxygen atoms in total. The molecule has 9 atom stereocenters. The quantitative estimate of drug-likeness (QED) is 0.0215. The van der Waals surface area contributed by atoms with E-state index in [-0.39, 0.29) is 12.8 Å². The topological polar surface area (TPSA) is 189 Å². The van der Waals surface area contributed by atoms with Crippen molar-refractivity contribution in [1.82, 2.24) is 5.32 Å². The number of aliphatic hydroxyl groups is 7. The molecule has 1 aliphatic rings. The van der Waals surface area contributed by atoms with E-state index in [4.69, 9.17) is 9.47 Å². The van der Waals surface area contributed by atoms with Crippen LogP contribution in [0.2, 0.25) is 0 Å². The van der Waals surface area contributed by atoms with Gasteiger partial charge in [0.05, 0.1) is 25.4 Å². The first kappa shape index (κ1) is 64.6. The number of unbranched alkanes of at least 4 members (excludes halogenated alkanes) is 33. The predicted octanol–water partition coefficient (Wildman–Crippen LogP) is 11.7. The molecule has 1 saturated heterocycles. The second-order valence-corrected chi connectivity index (χ2v) is 20.4. The highest BCUT2D eigenvalue weighted by molar-refractivity contribution is 5.80. The second-order valence-electron chi connectivity index (χ2n) is 20.4. The summed E-state index contributed by atoms with van der Waals surface area (Å²) in [7, 11) is 0. The molecule has 1 aliphatic heterocycles. The molecule has 0 aromatic heterocycles. The smallest absolute Gasteiger partial charge is 0.249 e. The largest absolute Gasteiger partial charge is 0.394 e. The molecule has 11 heteroatoms. The lowest BCUT2D eigenvalue weighted by Crippen LogP contribution is -2.60. The van der Waals surface area contributed by atoms with Crippen molar-refractivity contribution in [3.63, 3.8) is 0 Å². The average molecular weight is 968 g/mol. The summed E-state index contributed by atoms with van der Waals surface area (Å²) in [6, 6.07) is -1.19. The molecule has 0 aromatic carbocycles. The minimum absolute atomic E-state index is 0.240. The molecule has 0 aliphatic carbocycles. The fourth-order valence-electron chi connectivity index (χ4n) is 9.26. The molecule has 0 aromatic rings. The van der Waals surface area contributed by atoms with Crippen molar-refractivity contribution in [2.45, 2.75) is 319 Å². The summed E-state index contributed by atoms with van der Waals surface area (Å²) >= 11 is 0. The predicted molar refractivity (Wildman–Crippen MR) is 279 cm³/mol. The van der Waals surface area contributed by atoms with E-state index in [2.05, 4.69) is 43.5 Å². The van der Waals surface area contributed by atoms with Gasteiger partial charge in [-0.1, -0.05) is 224 Å². The summed E-state index contributed by atoms with van der Waals surface area (Å²) in [6.45, 7) is 3.41. The Hall–Kier alpha value is -1.41. The number of rotatable bonds is 49. The number of nitrogens with one attached hydrogen (secondary N) is 1. The van der Waals surface area contributed by atoms with Crippen LogP contribution in [0.5, 0.6) is 0 Å². The molecule has 8 N–H and O–H groups in total. The van der Waals surface area contributed by atoms with Gasteiger partial charge in [0.2, 0.25) is 5.91 Å². The molecule has 1 fully saturated rings. The Morgan fingerprint density at radius 1 is 0.500 bits per heavy atom. The van der Waals surface area contributed by atoms with Gasteiger partial charge >= 0.3 is 0 Å². The Balaban J connectivity index is 2.23. The van der Waals surface area contributed by atoms with Crippen LogP contribution in [0, 0.1) is 0 Å². The average Bonchev–Trinajstić information content (AvgIpc) is 3.34. The monoisotopic (exact) mass is 968 g/mol. The van der Waals surface area contributed by atoms with E-state index in [0.717, 1.165) is 51.4 Å². The third-order valence-corrected chi connectivity index (χ3v) is 14.0. The van der Waals surface area contributed by atoms with Crippen LogP contribution < -0.4 is 5.32 Å². The van der Waals surface area contributed by atoms with E-state index < -0.39 is 74.2 Å². The van der Waals surface area contributed by atoms with Crippen LogP contribution in [-0.4, -0.2) is 110 Å². The number of hydrogen-bond donors (Lipinski definition) is 8. The fraction of sp³-hybridized carbons (Fsp3) is 0.912. The van der Waals surface area contributed by atoms with Gasteiger partial charge in [0.25, 0.3) is 0 Å². The van der Waals surface area contributed by atoms with Gasteiger partial charge in [-0.15, -0.1) is 0 Å². The Kier molecular flexibility index (Phi) is 44.3. The first-order valence-corrected chi connectivity index (χ1v) is 28.7. The zero-order chi connectivity index (χ0) is 49.7. The van der Waals surface area contributed by atoms with Gasteiger partial charge in [0.15, 0.2) is 6.29 Å². The van der Waals surface area contributed by atoms with Gasteiger partial charge in [-0.25, -0.2) is 0 Å². The van der Waals surface area contributed by atoms with Crippen molar-refractivity contribution < 1.29 is 50.0 Å². The number of carbonyl (C=O) groups excluding carboxylic acids is 1. The fourth-order valence-corrected chi connectivity index (χ4v) is 9.26. The summed E-state index contributed by atoms with van der Waals surface area (Å²) in [6.07, 6.45) is 44.1. The van der Waals surface area contributed by atoms with E-state index in [9.17, 15) is 40.5 Å². The molecule has 1 heterocycles. The molecule has 0 radical (unpaired) electrons.